The lowest BCUT2D eigenvalue weighted by Crippen LogP contribution is -2.44. The molecule has 0 nitrogen and oxygen atoms in total. The van der Waals surface area contributed by atoms with Gasteiger partial charge in [0.05, 0.1) is 16.1 Å². The Morgan fingerprint density at radius 3 is 1.32 bits per heavy atom. The van der Waals surface area contributed by atoms with Crippen molar-refractivity contribution < 1.29 is 0 Å². The second-order valence-corrected chi connectivity index (χ2v) is 24.2. The van der Waals surface area contributed by atoms with E-state index in [1.54, 1.807) is 64.3 Å². The normalized spacial score (nSPS) is 12.9. The molecule has 0 radical (unpaired) electrons. The molecule has 4 rings (SSSR count). The highest BCUT2D eigenvalue weighted by Gasteiger charge is 2.31. The molecule has 0 N–H and O–H groups in total. The van der Waals surface area contributed by atoms with E-state index >= 15 is 0 Å². The van der Waals surface area contributed by atoms with Crippen molar-refractivity contribution in [3.8, 4) is 0 Å². The Balaban J connectivity index is 2.35. The lowest BCUT2D eigenvalue weighted by molar-refractivity contribution is 0.810. The lowest BCUT2D eigenvalue weighted by Gasteiger charge is -2.29. The van der Waals surface area contributed by atoms with E-state index in [9.17, 15) is 0 Å². The van der Waals surface area contributed by atoms with E-state index in [0.717, 1.165) is 0 Å². The summed E-state index contributed by atoms with van der Waals surface area (Å²) in [7, 11) is -3.18. The molecular formula is C34H50SSi2. The largest absolute Gasteiger partial charge is 0.144 e. The Hall–Kier alpha value is -1.43. The molecule has 0 spiro atoms. The summed E-state index contributed by atoms with van der Waals surface area (Å²) in [4.78, 5) is 0. The summed E-state index contributed by atoms with van der Waals surface area (Å²) in [5.41, 5.74) is 6.76. The highest BCUT2D eigenvalue weighted by molar-refractivity contribution is 7.20. The molecule has 3 aromatic carbocycles. The molecule has 0 fully saturated rings. The first kappa shape index (κ1) is 28.6. The summed E-state index contributed by atoms with van der Waals surface area (Å²) in [5, 5.41) is 13.7. The van der Waals surface area contributed by atoms with Crippen molar-refractivity contribution in [2.75, 3.05) is 0 Å². The van der Waals surface area contributed by atoms with E-state index < -0.39 is 16.1 Å². The molecule has 0 aliphatic heterocycles. The molecule has 0 bridgehead atoms. The number of thiophene rings is 1. The van der Waals surface area contributed by atoms with Crippen LogP contribution in [0.15, 0.2) is 23.6 Å². The van der Waals surface area contributed by atoms with E-state index in [0.29, 0.717) is 0 Å². The lowest BCUT2D eigenvalue weighted by atomic mass is 9.81. The van der Waals surface area contributed by atoms with Crippen molar-refractivity contribution in [3.63, 3.8) is 0 Å². The summed E-state index contributed by atoms with van der Waals surface area (Å²) < 4.78 is 1.59. The molecular weight excluding hydrogens is 497 g/mol. The average molecular weight is 547 g/mol. The van der Waals surface area contributed by atoms with Crippen molar-refractivity contribution in [2.24, 2.45) is 0 Å². The van der Waals surface area contributed by atoms with Gasteiger partial charge in [-0.25, -0.2) is 0 Å². The summed E-state index contributed by atoms with van der Waals surface area (Å²) in [5.74, 6) is 0. The van der Waals surface area contributed by atoms with Gasteiger partial charge in [-0.3, -0.25) is 0 Å². The fraction of sp³-hybridized carbons (Fsp3) is 0.529. The standard InChI is InChI=1S/C34H50SSi2/c1-11-15-23-24(16-12-2)26(18-14-4)29-22-31-30(21-28(29)25(23)17-13-3)33(36(5,6)7)27-19-20-35-32(27)34(31)37(8,9)10/h19-22H,11-18H2,1-10H3. The molecule has 0 aliphatic carbocycles. The number of rotatable bonds is 10. The predicted octanol–water partition coefficient (Wildman–Crippen LogP) is 10.1. The Morgan fingerprint density at radius 2 is 0.919 bits per heavy atom. The quantitative estimate of drug-likeness (QED) is 0.137. The first-order chi connectivity index (χ1) is 17.5. The van der Waals surface area contributed by atoms with Gasteiger partial charge in [0, 0.05) is 4.70 Å². The molecule has 4 aromatic rings. The van der Waals surface area contributed by atoms with E-state index in [1.807, 2.05) is 11.3 Å². The fourth-order valence-electron chi connectivity index (χ4n) is 6.90. The smallest absolute Gasteiger partial charge is 0.0802 e. The van der Waals surface area contributed by atoms with E-state index in [4.69, 9.17) is 0 Å². The van der Waals surface area contributed by atoms with Gasteiger partial charge >= 0.3 is 0 Å². The van der Waals surface area contributed by atoms with Gasteiger partial charge in [0.25, 0.3) is 0 Å². The first-order valence-electron chi connectivity index (χ1n) is 15.0. The second kappa shape index (κ2) is 11.0. The van der Waals surface area contributed by atoms with Gasteiger partial charge in [-0.15, -0.1) is 11.3 Å². The maximum atomic E-state index is 2.71. The van der Waals surface area contributed by atoms with Crippen molar-refractivity contribution in [1.29, 1.82) is 0 Å². The van der Waals surface area contributed by atoms with E-state index in [2.05, 4.69) is 90.6 Å². The van der Waals surface area contributed by atoms with Crippen LogP contribution < -0.4 is 10.4 Å². The van der Waals surface area contributed by atoms with Crippen LogP contribution in [0.3, 0.4) is 0 Å². The predicted molar refractivity (Wildman–Crippen MR) is 179 cm³/mol. The SMILES string of the molecule is CCCc1c(CCC)c(CCC)c2cc3c([Si](C)(C)C)c4sccc4c([Si](C)(C)C)c3cc2c1CCC. The molecule has 0 unspecified atom stereocenters. The van der Waals surface area contributed by atoms with Gasteiger partial charge in [-0.1, -0.05) is 92.7 Å². The van der Waals surface area contributed by atoms with Gasteiger partial charge in [0.15, 0.2) is 0 Å². The Bertz CT molecular complexity index is 1320. The molecule has 0 saturated carbocycles. The summed E-state index contributed by atoms with van der Waals surface area (Å²) in [6, 6.07) is 7.86. The average Bonchev–Trinajstić information content (AvgIpc) is 3.27. The van der Waals surface area contributed by atoms with Crippen LogP contribution in [0.4, 0.5) is 0 Å². The molecule has 0 saturated heterocycles. The molecule has 0 atom stereocenters. The van der Waals surface area contributed by atoms with E-state index in [-0.39, 0.29) is 0 Å². The number of benzene rings is 3. The summed E-state index contributed by atoms with van der Waals surface area (Å²) in [6.07, 6.45) is 9.73. The zero-order chi connectivity index (χ0) is 27.1. The number of fused-ring (bicyclic) bond motifs is 3. The van der Waals surface area contributed by atoms with Gasteiger partial charge in [0.1, 0.15) is 0 Å². The maximum Gasteiger partial charge on any atom is 0.0802 e. The van der Waals surface area contributed by atoms with Crippen LogP contribution in [0.1, 0.15) is 75.6 Å². The van der Waals surface area contributed by atoms with Gasteiger partial charge in [-0.2, -0.15) is 0 Å². The van der Waals surface area contributed by atoms with Crippen LogP contribution in [0.5, 0.6) is 0 Å². The Morgan fingerprint density at radius 1 is 0.514 bits per heavy atom. The highest BCUT2D eigenvalue weighted by atomic mass is 32.1. The van der Waals surface area contributed by atoms with Crippen molar-refractivity contribution >= 4 is 69.5 Å². The van der Waals surface area contributed by atoms with Crippen molar-refractivity contribution in [3.05, 3.63) is 45.8 Å². The first-order valence-corrected chi connectivity index (χ1v) is 22.8. The van der Waals surface area contributed by atoms with Crippen molar-refractivity contribution in [2.45, 2.75) is 118 Å². The number of hydrogen-bond donors (Lipinski definition) is 0. The summed E-state index contributed by atoms with van der Waals surface area (Å²) >= 11 is 1.99. The van der Waals surface area contributed by atoms with Crippen LogP contribution in [-0.2, 0) is 25.7 Å². The third-order valence-electron chi connectivity index (χ3n) is 8.10. The molecule has 0 aliphatic rings. The van der Waals surface area contributed by atoms with Gasteiger partial charge in [0.2, 0.25) is 0 Å². The topological polar surface area (TPSA) is 0 Å². The van der Waals surface area contributed by atoms with Gasteiger partial charge < -0.3 is 0 Å². The zero-order valence-corrected chi connectivity index (χ0v) is 28.2. The minimum Gasteiger partial charge on any atom is -0.144 e. The Kier molecular flexibility index (Phi) is 8.48. The molecule has 3 heteroatoms. The second-order valence-electron chi connectivity index (χ2n) is 13.3. The minimum atomic E-state index is -1.59. The van der Waals surface area contributed by atoms with Crippen LogP contribution in [-0.4, -0.2) is 16.1 Å². The minimum absolute atomic E-state index is 1.20. The molecule has 1 heterocycles. The fourth-order valence-corrected chi connectivity index (χ4v) is 12.8. The van der Waals surface area contributed by atoms with Crippen LogP contribution >= 0.6 is 11.3 Å². The van der Waals surface area contributed by atoms with E-state index in [1.165, 1.54) is 51.4 Å². The Labute approximate surface area is 232 Å². The van der Waals surface area contributed by atoms with Crippen LogP contribution in [0.25, 0.3) is 31.6 Å². The molecule has 200 valence electrons. The summed E-state index contributed by atoms with van der Waals surface area (Å²) in [6.45, 7) is 24.8. The monoisotopic (exact) mass is 546 g/mol. The van der Waals surface area contributed by atoms with Gasteiger partial charge in [-0.05, 0) is 109 Å². The number of aryl methyl sites for hydroxylation is 2. The van der Waals surface area contributed by atoms with Crippen LogP contribution in [0, 0.1) is 0 Å². The maximum absolute atomic E-state index is 2.71. The van der Waals surface area contributed by atoms with Crippen LogP contribution in [0.2, 0.25) is 39.3 Å². The van der Waals surface area contributed by atoms with Crippen molar-refractivity contribution in [1.82, 2.24) is 0 Å². The number of hydrogen-bond acceptors (Lipinski definition) is 1. The molecule has 0 amide bonds. The highest BCUT2D eigenvalue weighted by Crippen LogP contribution is 2.38. The molecule has 1 aromatic heterocycles. The third kappa shape index (κ3) is 5.13. The third-order valence-corrected chi connectivity index (χ3v) is 13.3. The zero-order valence-electron chi connectivity index (χ0n) is 25.4. The molecule has 37 heavy (non-hydrogen) atoms.